The number of rotatable bonds is 8. The summed E-state index contributed by atoms with van der Waals surface area (Å²) in [5.74, 6) is 0. The van der Waals surface area contributed by atoms with Gasteiger partial charge in [0, 0.05) is 0 Å². The molecule has 0 saturated carbocycles. The Morgan fingerprint density at radius 1 is 0.217 bits per heavy atom. The smallest absolute Gasteiger partial charge is 0.0998 e. The summed E-state index contributed by atoms with van der Waals surface area (Å²) in [5.41, 5.74) is 18.0. The van der Waals surface area contributed by atoms with Gasteiger partial charge in [-0.1, -0.05) is 146 Å². The Balaban J connectivity index is 1.00. The van der Waals surface area contributed by atoms with Gasteiger partial charge in [0.25, 0.3) is 0 Å². The van der Waals surface area contributed by atoms with Gasteiger partial charge in [0.15, 0.2) is 0 Å². The predicted octanol–water partition coefficient (Wildman–Crippen LogP) is 14.6. The van der Waals surface area contributed by atoms with E-state index >= 15 is 0 Å². The summed E-state index contributed by atoms with van der Waals surface area (Å²) in [6.45, 7) is 0. The van der Waals surface area contributed by atoms with Crippen molar-refractivity contribution >= 4 is 0 Å². The van der Waals surface area contributed by atoms with E-state index in [4.69, 9.17) is 0 Å². The molecule has 0 N–H and O–H groups in total. The van der Waals surface area contributed by atoms with E-state index in [1.54, 1.807) is 0 Å². The third-order valence-corrected chi connectivity index (χ3v) is 10.9. The summed E-state index contributed by atoms with van der Waals surface area (Å²) < 4.78 is 0. The topological polar surface area (TPSA) is 71.4 Å². The molecule has 60 heavy (non-hydrogen) atoms. The summed E-state index contributed by atoms with van der Waals surface area (Å²) in [4.78, 5) is 0. The average Bonchev–Trinajstić information content (AvgIpc) is 3.34. The van der Waals surface area contributed by atoms with Crippen LogP contribution < -0.4 is 0 Å². The third kappa shape index (κ3) is 7.74. The van der Waals surface area contributed by atoms with E-state index in [1.807, 2.05) is 84.9 Å². The Hall–Kier alpha value is -8.55. The van der Waals surface area contributed by atoms with Gasteiger partial charge in [0.2, 0.25) is 0 Å². The van der Waals surface area contributed by atoms with Crippen molar-refractivity contribution in [2.24, 2.45) is 0 Å². The fraction of sp³-hybridized carbons (Fsp3) is 0. The zero-order chi connectivity index (χ0) is 40.8. The van der Waals surface area contributed by atoms with E-state index in [9.17, 15) is 15.8 Å². The Morgan fingerprint density at radius 3 is 0.900 bits per heavy atom. The van der Waals surface area contributed by atoms with Crippen molar-refractivity contribution in [3.05, 3.63) is 229 Å². The minimum Gasteiger partial charge on any atom is -0.192 e. The summed E-state index contributed by atoms with van der Waals surface area (Å²) in [6, 6.07) is 79.0. The number of hydrogen-bond acceptors (Lipinski definition) is 3. The summed E-state index contributed by atoms with van der Waals surface area (Å²) >= 11 is 0. The second-order valence-corrected chi connectivity index (χ2v) is 14.7. The number of nitriles is 3. The first-order valence-corrected chi connectivity index (χ1v) is 19.7. The van der Waals surface area contributed by atoms with Gasteiger partial charge in [0.05, 0.1) is 34.9 Å². The molecule has 0 atom stereocenters. The lowest BCUT2D eigenvalue weighted by Gasteiger charge is -2.12. The highest BCUT2D eigenvalue weighted by Crippen LogP contribution is 2.36. The molecule has 0 radical (unpaired) electrons. The van der Waals surface area contributed by atoms with Crippen molar-refractivity contribution in [2.75, 3.05) is 0 Å². The molecule has 0 aromatic heterocycles. The zero-order valence-electron chi connectivity index (χ0n) is 32.5. The lowest BCUT2D eigenvalue weighted by molar-refractivity contribution is 1.47. The fourth-order valence-electron chi connectivity index (χ4n) is 7.88. The normalized spacial score (nSPS) is 10.6. The molecule has 9 rings (SSSR count). The molecular formula is C57H35N3. The molecule has 0 spiro atoms. The van der Waals surface area contributed by atoms with Crippen LogP contribution in [-0.4, -0.2) is 0 Å². The molecule has 0 saturated heterocycles. The first-order valence-electron chi connectivity index (χ1n) is 19.7. The van der Waals surface area contributed by atoms with Gasteiger partial charge in [0.1, 0.15) is 0 Å². The molecular weight excluding hydrogens is 727 g/mol. The highest BCUT2D eigenvalue weighted by atomic mass is 14.3. The van der Waals surface area contributed by atoms with Gasteiger partial charge in [-0.2, -0.15) is 15.8 Å². The highest BCUT2D eigenvalue weighted by Gasteiger charge is 2.13. The van der Waals surface area contributed by atoms with E-state index < -0.39 is 0 Å². The van der Waals surface area contributed by atoms with Gasteiger partial charge in [-0.15, -0.1) is 0 Å². The van der Waals surface area contributed by atoms with Crippen molar-refractivity contribution in [2.45, 2.75) is 0 Å². The SMILES string of the molecule is N#Cc1cc(-c2ccccc2)cc(-c2cccc(-c3cccc(-c4ccc(-c5cccc(-c6cccc(-c7cc(C#N)cc(-c8ccccc8)c7)c6)c5)c(C#N)c4)c3)c2)c1. The second kappa shape index (κ2) is 16.5. The van der Waals surface area contributed by atoms with Crippen LogP contribution in [0.15, 0.2) is 212 Å². The maximum atomic E-state index is 10.5. The Labute approximate surface area is 350 Å². The van der Waals surface area contributed by atoms with Gasteiger partial charge in [-0.25, -0.2) is 0 Å². The van der Waals surface area contributed by atoms with E-state index in [2.05, 4.69) is 146 Å². The van der Waals surface area contributed by atoms with E-state index in [0.717, 1.165) is 89.0 Å². The number of benzene rings is 9. The van der Waals surface area contributed by atoms with Crippen molar-refractivity contribution in [1.29, 1.82) is 15.8 Å². The molecule has 0 heterocycles. The molecule has 0 aliphatic carbocycles. The largest absolute Gasteiger partial charge is 0.192 e. The average molecular weight is 762 g/mol. The van der Waals surface area contributed by atoms with Crippen LogP contribution in [0.4, 0.5) is 0 Å². The van der Waals surface area contributed by atoms with Crippen molar-refractivity contribution in [3.63, 3.8) is 0 Å². The lowest BCUT2D eigenvalue weighted by Crippen LogP contribution is -1.89. The second-order valence-electron chi connectivity index (χ2n) is 14.7. The van der Waals surface area contributed by atoms with Gasteiger partial charge in [-0.3, -0.25) is 0 Å². The minimum absolute atomic E-state index is 0.596. The van der Waals surface area contributed by atoms with Gasteiger partial charge < -0.3 is 0 Å². The van der Waals surface area contributed by atoms with Crippen LogP contribution in [0.3, 0.4) is 0 Å². The van der Waals surface area contributed by atoms with Gasteiger partial charge >= 0.3 is 0 Å². The third-order valence-electron chi connectivity index (χ3n) is 10.9. The van der Waals surface area contributed by atoms with Crippen LogP contribution in [0.5, 0.6) is 0 Å². The molecule has 0 amide bonds. The Morgan fingerprint density at radius 2 is 0.517 bits per heavy atom. The first kappa shape index (κ1) is 37.1. The fourth-order valence-corrected chi connectivity index (χ4v) is 7.88. The standard InChI is InChI=1S/C57H35N3/c58-36-39-25-52(41-11-3-1-4-12-41)34-54(27-39)48-20-8-16-44(30-48)43-15-7-18-46(29-43)50-23-24-57(56(33-50)38-60)51-22-10-19-47(32-51)45-17-9-21-49(31-45)55-28-40(37-59)26-53(35-55)42-13-5-2-6-14-42/h1-35H. The monoisotopic (exact) mass is 761 g/mol. The number of hydrogen-bond donors (Lipinski definition) is 0. The zero-order valence-corrected chi connectivity index (χ0v) is 32.5. The van der Waals surface area contributed by atoms with Crippen molar-refractivity contribution in [1.82, 2.24) is 0 Å². The quantitative estimate of drug-likeness (QED) is 0.155. The van der Waals surface area contributed by atoms with Crippen LogP contribution in [0.1, 0.15) is 16.7 Å². The summed E-state index contributed by atoms with van der Waals surface area (Å²) in [5, 5.41) is 30.2. The summed E-state index contributed by atoms with van der Waals surface area (Å²) in [6.07, 6.45) is 0. The number of nitrogens with zero attached hydrogens (tertiary/aromatic N) is 3. The maximum absolute atomic E-state index is 10.5. The van der Waals surface area contributed by atoms with Crippen LogP contribution in [-0.2, 0) is 0 Å². The molecule has 0 fully saturated rings. The van der Waals surface area contributed by atoms with Crippen molar-refractivity contribution < 1.29 is 0 Å². The summed E-state index contributed by atoms with van der Waals surface area (Å²) in [7, 11) is 0. The van der Waals surface area contributed by atoms with Crippen LogP contribution in [0.25, 0.3) is 89.0 Å². The van der Waals surface area contributed by atoms with Crippen molar-refractivity contribution in [3.8, 4) is 107 Å². The molecule has 278 valence electrons. The highest BCUT2D eigenvalue weighted by molar-refractivity contribution is 5.84. The van der Waals surface area contributed by atoms with Gasteiger partial charge in [-0.05, 0) is 156 Å². The molecule has 3 nitrogen and oxygen atoms in total. The molecule has 9 aromatic carbocycles. The molecule has 0 unspecified atom stereocenters. The molecule has 9 aromatic rings. The van der Waals surface area contributed by atoms with E-state index in [1.165, 1.54) is 0 Å². The molecule has 0 aliphatic heterocycles. The molecule has 3 heteroatoms. The van der Waals surface area contributed by atoms with Crippen LogP contribution in [0.2, 0.25) is 0 Å². The maximum Gasteiger partial charge on any atom is 0.0998 e. The minimum atomic E-state index is 0.596. The van der Waals surface area contributed by atoms with Crippen LogP contribution >= 0.6 is 0 Å². The Kier molecular flexibility index (Phi) is 10.2. The Bertz CT molecular complexity index is 3180. The molecule has 0 bridgehead atoms. The molecule has 0 aliphatic rings. The predicted molar refractivity (Wildman–Crippen MR) is 244 cm³/mol. The van der Waals surface area contributed by atoms with E-state index in [-0.39, 0.29) is 0 Å². The first-order chi connectivity index (χ1) is 29.5. The van der Waals surface area contributed by atoms with Crippen LogP contribution in [0, 0.1) is 34.0 Å². The van der Waals surface area contributed by atoms with E-state index in [0.29, 0.717) is 16.7 Å². The lowest BCUT2D eigenvalue weighted by atomic mass is 9.91.